The summed E-state index contributed by atoms with van der Waals surface area (Å²) in [6, 6.07) is 23.6. The largest absolute Gasteiger partial charge is 2.00 e. The van der Waals surface area contributed by atoms with E-state index in [0.29, 0.717) is 72.4 Å². The molecule has 0 aliphatic heterocycles. The van der Waals surface area contributed by atoms with Crippen LogP contribution in [0.25, 0.3) is 55.7 Å². The zero-order valence-corrected chi connectivity index (χ0v) is 42.5. The molecule has 0 spiro atoms. The quantitative estimate of drug-likeness (QED) is 0.142. The Labute approximate surface area is 454 Å². The molecule has 0 bridgehead atoms. The average Bonchev–Trinajstić information content (AvgIpc) is 2.19. The summed E-state index contributed by atoms with van der Waals surface area (Å²) in [5, 5.41) is 0.684. The first kappa shape index (κ1) is 31.0. The molecule has 7 aromatic rings. The van der Waals surface area contributed by atoms with Crippen LogP contribution in [-0.2, 0) is 21.1 Å². The fraction of sp³-hybridized carbons (Fsp3) is 0.476. The minimum Gasteiger partial charge on any atom is -0.496 e. The maximum atomic E-state index is 9.97. The first-order chi connectivity index (χ1) is 39.9. The summed E-state index contributed by atoms with van der Waals surface area (Å²) in [6.45, 7) is -3.29. The SMILES string of the molecule is [2H]C([2H])([2H])c1ccc2c(n1)oc1c(-c3cc(C4CCC(C)(C5CCC(C6([2H])CC(C)(C)CC(C)(C)C6)CC5C([2H])([2H])[2H])CC4C([2H])([2H])[2H])c(C)cn3)[c-]c(Oc3[c-]c(-c4cc(C([2H])([2H])[2H])c(C([2H])([2H])[2H])cn4)cc(-c4ccccc4)c3C([2H])([2H])[2H])cc12.[Pt+2]. The van der Waals surface area contributed by atoms with Gasteiger partial charge in [-0.25, -0.2) is 4.98 Å². The number of benzene rings is 3. The topological polar surface area (TPSA) is 61.0 Å². The van der Waals surface area contributed by atoms with E-state index in [1.165, 1.54) is 24.3 Å². The van der Waals surface area contributed by atoms with Crippen LogP contribution >= 0.6 is 0 Å². The van der Waals surface area contributed by atoms with Crippen molar-refractivity contribution in [1.29, 1.82) is 0 Å². The third-order valence-corrected chi connectivity index (χ3v) is 15.5. The van der Waals surface area contributed by atoms with Crippen molar-refractivity contribution >= 4 is 22.1 Å². The second-order valence-corrected chi connectivity index (χ2v) is 22.1. The fourth-order valence-electron chi connectivity index (χ4n) is 12.8. The zero-order chi connectivity index (χ0) is 63.8. The van der Waals surface area contributed by atoms with Gasteiger partial charge in [-0.05, 0) is 183 Å². The summed E-state index contributed by atoms with van der Waals surface area (Å²) in [7, 11) is 0. The Morgan fingerprint density at radius 1 is 0.768 bits per heavy atom. The molecule has 4 heterocycles. The monoisotopic (exact) mass is 1120 g/mol. The van der Waals surface area contributed by atoms with Crippen LogP contribution in [-0.4, -0.2) is 15.0 Å². The van der Waals surface area contributed by atoms with Crippen LogP contribution < -0.4 is 4.74 Å². The summed E-state index contributed by atoms with van der Waals surface area (Å²) in [4.78, 5) is 13.7. The molecule has 4 aromatic heterocycles. The van der Waals surface area contributed by atoms with Gasteiger partial charge in [-0.1, -0.05) is 143 Å². The van der Waals surface area contributed by atoms with Crippen LogP contribution in [0.4, 0.5) is 0 Å². The Bertz CT molecular complexity index is 3730. The number of rotatable bonds is 8. The van der Waals surface area contributed by atoms with Crippen LogP contribution in [0.5, 0.6) is 11.5 Å². The van der Waals surface area contributed by atoms with Gasteiger partial charge in [0.1, 0.15) is 0 Å². The van der Waals surface area contributed by atoms with Gasteiger partial charge in [-0.3, -0.25) is 0 Å². The summed E-state index contributed by atoms with van der Waals surface area (Å²) in [6.07, 6.45) is 7.79. The number of hydrogen-bond donors (Lipinski definition) is 0. The molecule has 3 fully saturated rings. The van der Waals surface area contributed by atoms with Crippen molar-refractivity contribution in [3.63, 3.8) is 0 Å². The molecule has 3 aliphatic rings. The van der Waals surface area contributed by atoms with Crippen LogP contribution in [0.2, 0.25) is 0 Å². The number of fused-ring (bicyclic) bond motifs is 3. The van der Waals surface area contributed by atoms with Gasteiger partial charge in [0.15, 0.2) is 0 Å². The van der Waals surface area contributed by atoms with Crippen molar-refractivity contribution in [2.75, 3.05) is 0 Å². The second-order valence-electron chi connectivity index (χ2n) is 22.1. The Hall–Kier alpha value is -4.60. The fourth-order valence-corrected chi connectivity index (χ4v) is 12.8. The Kier molecular flexibility index (Phi) is 8.47. The van der Waals surface area contributed by atoms with Gasteiger partial charge < -0.3 is 19.1 Å². The molecular weight excluding hydrogens is 1030 g/mol. The molecule has 3 saturated carbocycles. The molecule has 0 radical (unpaired) electrons. The third kappa shape index (κ3) is 9.77. The molecule has 0 saturated heterocycles. The molecule has 6 unspecified atom stereocenters. The van der Waals surface area contributed by atoms with Crippen molar-refractivity contribution in [3.05, 3.63) is 125 Å². The number of hydrogen-bond acceptors (Lipinski definition) is 5. The van der Waals surface area contributed by atoms with E-state index in [1.807, 2.05) is 6.92 Å². The number of aryl methyl sites for hydroxylation is 4. The normalized spacial score (nSPS) is 30.5. The van der Waals surface area contributed by atoms with Gasteiger partial charge in [0.2, 0.25) is 5.71 Å². The van der Waals surface area contributed by atoms with Crippen molar-refractivity contribution in [1.82, 2.24) is 15.0 Å². The molecule has 6 atom stereocenters. The van der Waals surface area contributed by atoms with E-state index in [9.17, 15) is 1.37 Å². The maximum Gasteiger partial charge on any atom is 2.00 e. The van der Waals surface area contributed by atoms with Gasteiger partial charge in [-0.2, -0.15) is 0 Å². The zero-order valence-electron chi connectivity index (χ0n) is 59.2. The summed E-state index contributed by atoms with van der Waals surface area (Å²) in [5.41, 5.74) is 0.129. The van der Waals surface area contributed by atoms with Crippen LogP contribution in [0.15, 0.2) is 83.5 Å². The van der Waals surface area contributed by atoms with Crippen LogP contribution in [0.3, 0.4) is 0 Å². The van der Waals surface area contributed by atoms with Gasteiger partial charge in [0.25, 0.3) is 0 Å². The number of aromatic nitrogens is 3. The molecule has 362 valence electrons. The van der Waals surface area contributed by atoms with Crippen molar-refractivity contribution in [2.45, 2.75) is 146 Å². The Balaban J connectivity index is 0.00000922. The van der Waals surface area contributed by atoms with E-state index in [2.05, 4.69) is 56.7 Å². The van der Waals surface area contributed by atoms with E-state index in [1.54, 1.807) is 42.6 Å². The van der Waals surface area contributed by atoms with Crippen molar-refractivity contribution in [2.24, 2.45) is 45.8 Å². The van der Waals surface area contributed by atoms with E-state index in [4.69, 9.17) is 38.8 Å². The second kappa shape index (κ2) is 18.9. The molecule has 69 heavy (non-hydrogen) atoms. The minimum atomic E-state index is -2.90. The predicted octanol–water partition coefficient (Wildman–Crippen LogP) is 17.5. The molecule has 0 amide bonds. The summed E-state index contributed by atoms with van der Waals surface area (Å²) < 4.78 is 178. The van der Waals surface area contributed by atoms with Crippen molar-refractivity contribution < 1.29 is 56.3 Å². The summed E-state index contributed by atoms with van der Waals surface area (Å²) >= 11 is 0. The number of nitrogens with zero attached hydrogens (tertiary/aromatic N) is 3. The van der Waals surface area contributed by atoms with Gasteiger partial charge >= 0.3 is 21.1 Å². The van der Waals surface area contributed by atoms with E-state index < -0.39 is 81.3 Å². The average molecular weight is 1120 g/mol. The first-order valence-electron chi connectivity index (χ1n) is 33.6. The molecule has 6 heteroatoms. The number of pyridine rings is 3. The van der Waals surface area contributed by atoms with Gasteiger partial charge in [0, 0.05) is 61.0 Å². The molecule has 3 aromatic carbocycles. The van der Waals surface area contributed by atoms with Gasteiger partial charge in [0.05, 0.1) is 5.58 Å². The third-order valence-electron chi connectivity index (χ3n) is 15.5. The maximum absolute atomic E-state index is 9.97. The van der Waals surface area contributed by atoms with Crippen LogP contribution in [0, 0.1) is 92.3 Å². The molecule has 0 N–H and O–H groups in total. The predicted molar refractivity (Wildman–Crippen MR) is 280 cm³/mol. The smallest absolute Gasteiger partial charge is 0.496 e. The number of furan rings is 1. The molecule has 5 nitrogen and oxygen atoms in total. The standard InChI is InChI=1S/C63H73N3O2.Pt/c1-37-25-56(64-34-40(37)4)46-26-52(44-16-14-13-15-17-44)43(7)58(27-46)67-48-28-53-50-20-18-42(6)66-60(50)68-59(53)54(29-48)57-30-51(41(5)35-65-57)49-22-23-63(12,31-39(49)3)55-21-19-45(24-38(55)2)47-32-61(8,9)36-62(10,11)33-47;/h13-18,20,25-26,28,30,34-35,38-39,45,47,49,55H,19,21-24,31-33,36H2,1-12H3;/q-2;+2/i1D3,2D3,3D3,4D3,6D3,7D3,47D;. The van der Waals surface area contributed by atoms with Gasteiger partial charge in [-0.15, -0.1) is 11.6 Å². The van der Waals surface area contributed by atoms with E-state index in [-0.39, 0.29) is 112 Å². The Morgan fingerprint density at radius 2 is 1.55 bits per heavy atom. The minimum absolute atomic E-state index is 0. The van der Waals surface area contributed by atoms with Crippen molar-refractivity contribution in [3.8, 4) is 45.1 Å². The summed E-state index contributed by atoms with van der Waals surface area (Å²) in [5.74, 6) is -3.85. The molecule has 10 rings (SSSR count). The number of ether oxygens (including phenoxy) is 1. The molecule has 3 aliphatic carbocycles. The van der Waals surface area contributed by atoms with Crippen LogP contribution in [0.1, 0.15) is 172 Å². The first-order valence-corrected chi connectivity index (χ1v) is 24.1. The Morgan fingerprint density at radius 3 is 2.30 bits per heavy atom. The molecular formula is C63H73N3O2Pt. The van der Waals surface area contributed by atoms with E-state index in [0.717, 1.165) is 18.7 Å². The van der Waals surface area contributed by atoms with E-state index >= 15 is 0 Å².